The minimum atomic E-state index is -0.0801. The number of nitrogens with zero attached hydrogens (tertiary/aromatic N) is 1. The first kappa shape index (κ1) is 17.8. The standard InChI is InChI=1S/C22H23NO3/c1-17-10-11-20(13-18(17)2)26-16-22(24)23(15-21-9-6-12-25-21)14-19-7-4-3-5-8-19/h3-13H,14-16H2,1-2H3. The summed E-state index contributed by atoms with van der Waals surface area (Å²) in [6.07, 6.45) is 1.62. The molecule has 0 radical (unpaired) electrons. The first-order valence-corrected chi connectivity index (χ1v) is 8.66. The number of ether oxygens (including phenoxy) is 1. The third kappa shape index (κ3) is 4.76. The molecule has 2 aromatic carbocycles. The maximum Gasteiger partial charge on any atom is 0.261 e. The summed E-state index contributed by atoms with van der Waals surface area (Å²) in [5, 5.41) is 0. The van der Waals surface area contributed by atoms with E-state index in [-0.39, 0.29) is 12.5 Å². The molecule has 0 fully saturated rings. The second kappa shape index (κ2) is 8.39. The van der Waals surface area contributed by atoms with Crippen molar-refractivity contribution in [3.05, 3.63) is 89.4 Å². The van der Waals surface area contributed by atoms with Crippen molar-refractivity contribution in [3.8, 4) is 5.75 Å². The van der Waals surface area contributed by atoms with Gasteiger partial charge in [0.2, 0.25) is 0 Å². The molecule has 0 atom stereocenters. The lowest BCUT2D eigenvalue weighted by molar-refractivity contribution is -0.134. The Kier molecular flexibility index (Phi) is 5.74. The molecule has 134 valence electrons. The molecule has 0 N–H and O–H groups in total. The Bertz CT molecular complexity index is 841. The van der Waals surface area contributed by atoms with Crippen molar-refractivity contribution in [2.45, 2.75) is 26.9 Å². The van der Waals surface area contributed by atoms with Crippen molar-refractivity contribution in [2.24, 2.45) is 0 Å². The van der Waals surface area contributed by atoms with Crippen LogP contribution in [0.25, 0.3) is 0 Å². The van der Waals surface area contributed by atoms with Gasteiger partial charge in [-0.25, -0.2) is 0 Å². The molecule has 0 aliphatic carbocycles. The lowest BCUT2D eigenvalue weighted by Gasteiger charge is -2.22. The third-order valence-corrected chi connectivity index (χ3v) is 4.34. The molecule has 4 heteroatoms. The van der Waals surface area contributed by atoms with E-state index in [1.165, 1.54) is 5.56 Å². The van der Waals surface area contributed by atoms with Gasteiger partial charge in [-0.05, 0) is 54.8 Å². The van der Waals surface area contributed by atoms with E-state index in [2.05, 4.69) is 6.92 Å². The molecule has 26 heavy (non-hydrogen) atoms. The Hall–Kier alpha value is -3.01. The molecule has 0 bridgehead atoms. The minimum Gasteiger partial charge on any atom is -0.484 e. The van der Waals surface area contributed by atoms with Crippen molar-refractivity contribution < 1.29 is 13.9 Å². The fraction of sp³-hybridized carbons (Fsp3) is 0.227. The maximum atomic E-state index is 12.8. The predicted molar refractivity (Wildman–Crippen MR) is 101 cm³/mol. The lowest BCUT2D eigenvalue weighted by Crippen LogP contribution is -2.34. The first-order chi connectivity index (χ1) is 12.6. The fourth-order valence-corrected chi connectivity index (χ4v) is 2.67. The van der Waals surface area contributed by atoms with E-state index in [1.807, 2.05) is 67.6 Å². The zero-order valence-electron chi connectivity index (χ0n) is 15.1. The van der Waals surface area contributed by atoms with Crippen molar-refractivity contribution in [1.29, 1.82) is 0 Å². The van der Waals surface area contributed by atoms with Gasteiger partial charge in [0.25, 0.3) is 5.91 Å². The average Bonchev–Trinajstić information content (AvgIpc) is 3.16. The van der Waals surface area contributed by atoms with Crippen LogP contribution in [0.2, 0.25) is 0 Å². The summed E-state index contributed by atoms with van der Waals surface area (Å²) in [5.74, 6) is 1.38. The summed E-state index contributed by atoms with van der Waals surface area (Å²) < 4.78 is 11.1. The van der Waals surface area contributed by atoms with Gasteiger partial charge in [0.05, 0.1) is 12.8 Å². The van der Waals surface area contributed by atoms with Crippen LogP contribution in [0.15, 0.2) is 71.3 Å². The normalized spacial score (nSPS) is 10.5. The fourth-order valence-electron chi connectivity index (χ4n) is 2.67. The second-order valence-corrected chi connectivity index (χ2v) is 6.35. The largest absolute Gasteiger partial charge is 0.484 e. The smallest absolute Gasteiger partial charge is 0.261 e. The summed E-state index contributed by atoms with van der Waals surface area (Å²) >= 11 is 0. The summed E-state index contributed by atoms with van der Waals surface area (Å²) in [4.78, 5) is 14.5. The average molecular weight is 349 g/mol. The van der Waals surface area contributed by atoms with Gasteiger partial charge in [0.1, 0.15) is 11.5 Å². The molecular weight excluding hydrogens is 326 g/mol. The van der Waals surface area contributed by atoms with Crippen molar-refractivity contribution in [2.75, 3.05) is 6.61 Å². The molecule has 3 rings (SSSR count). The number of amides is 1. The van der Waals surface area contributed by atoms with E-state index >= 15 is 0 Å². The zero-order valence-corrected chi connectivity index (χ0v) is 15.1. The van der Waals surface area contributed by atoms with Gasteiger partial charge in [0.15, 0.2) is 6.61 Å². The highest BCUT2D eigenvalue weighted by Crippen LogP contribution is 2.17. The molecule has 0 aliphatic rings. The molecule has 1 aromatic heterocycles. The van der Waals surface area contributed by atoms with E-state index < -0.39 is 0 Å². The highest BCUT2D eigenvalue weighted by atomic mass is 16.5. The maximum absolute atomic E-state index is 12.8. The SMILES string of the molecule is Cc1ccc(OCC(=O)N(Cc2ccccc2)Cc2ccco2)cc1C. The van der Waals surface area contributed by atoms with Crippen LogP contribution in [-0.2, 0) is 17.9 Å². The van der Waals surface area contributed by atoms with Crippen LogP contribution in [0.5, 0.6) is 5.75 Å². The van der Waals surface area contributed by atoms with Crippen LogP contribution in [0.1, 0.15) is 22.5 Å². The first-order valence-electron chi connectivity index (χ1n) is 8.66. The van der Waals surface area contributed by atoms with Gasteiger partial charge in [-0.1, -0.05) is 36.4 Å². The summed E-state index contributed by atoms with van der Waals surface area (Å²) in [6, 6.07) is 19.5. The van der Waals surface area contributed by atoms with Crippen LogP contribution < -0.4 is 4.74 Å². The number of furan rings is 1. The van der Waals surface area contributed by atoms with E-state index in [1.54, 1.807) is 11.2 Å². The molecule has 0 spiro atoms. The zero-order chi connectivity index (χ0) is 18.4. The van der Waals surface area contributed by atoms with E-state index in [0.29, 0.717) is 18.8 Å². The third-order valence-electron chi connectivity index (χ3n) is 4.34. The number of aryl methyl sites for hydroxylation is 2. The highest BCUT2D eigenvalue weighted by Gasteiger charge is 2.17. The Morgan fingerprint density at radius 2 is 1.77 bits per heavy atom. The van der Waals surface area contributed by atoms with Gasteiger partial charge in [-0.15, -0.1) is 0 Å². The van der Waals surface area contributed by atoms with Crippen molar-refractivity contribution in [1.82, 2.24) is 4.90 Å². The molecule has 4 nitrogen and oxygen atoms in total. The Balaban J connectivity index is 1.68. The van der Waals surface area contributed by atoms with Gasteiger partial charge < -0.3 is 14.1 Å². The number of carbonyl (C=O) groups is 1. The van der Waals surface area contributed by atoms with Gasteiger partial charge in [-0.2, -0.15) is 0 Å². The molecule has 1 heterocycles. The molecule has 1 amide bonds. The highest BCUT2D eigenvalue weighted by molar-refractivity contribution is 5.77. The molecule has 0 unspecified atom stereocenters. The van der Waals surface area contributed by atoms with Crippen LogP contribution in [0.4, 0.5) is 0 Å². The van der Waals surface area contributed by atoms with Gasteiger partial charge >= 0.3 is 0 Å². The predicted octanol–water partition coefficient (Wildman–Crippen LogP) is 4.50. The van der Waals surface area contributed by atoms with Crippen LogP contribution in [0.3, 0.4) is 0 Å². The summed E-state index contributed by atoms with van der Waals surface area (Å²) in [6.45, 7) is 5.00. The monoisotopic (exact) mass is 349 g/mol. The Labute approximate surface area is 154 Å². The van der Waals surface area contributed by atoms with Crippen molar-refractivity contribution in [3.63, 3.8) is 0 Å². The number of rotatable bonds is 7. The Morgan fingerprint density at radius 1 is 0.962 bits per heavy atom. The van der Waals surface area contributed by atoms with Gasteiger partial charge in [-0.3, -0.25) is 4.79 Å². The number of hydrogen-bond donors (Lipinski definition) is 0. The number of hydrogen-bond acceptors (Lipinski definition) is 3. The summed E-state index contributed by atoms with van der Waals surface area (Å²) in [7, 11) is 0. The summed E-state index contributed by atoms with van der Waals surface area (Å²) in [5.41, 5.74) is 3.41. The van der Waals surface area contributed by atoms with Gasteiger partial charge in [0, 0.05) is 6.54 Å². The minimum absolute atomic E-state index is 0.00393. The van der Waals surface area contributed by atoms with Crippen molar-refractivity contribution >= 4 is 5.91 Å². The Morgan fingerprint density at radius 3 is 2.46 bits per heavy atom. The van der Waals surface area contributed by atoms with E-state index in [9.17, 15) is 4.79 Å². The van der Waals surface area contributed by atoms with E-state index in [4.69, 9.17) is 9.15 Å². The number of benzene rings is 2. The molecule has 0 aliphatic heterocycles. The molecule has 0 saturated heterocycles. The number of carbonyl (C=O) groups excluding carboxylic acids is 1. The quantitative estimate of drug-likeness (QED) is 0.630. The van der Waals surface area contributed by atoms with Crippen LogP contribution in [-0.4, -0.2) is 17.4 Å². The topological polar surface area (TPSA) is 42.7 Å². The molecular formula is C22H23NO3. The van der Waals surface area contributed by atoms with E-state index in [0.717, 1.165) is 16.9 Å². The molecule has 0 saturated carbocycles. The lowest BCUT2D eigenvalue weighted by atomic mass is 10.1. The van der Waals surface area contributed by atoms with Crippen LogP contribution >= 0.6 is 0 Å². The second-order valence-electron chi connectivity index (χ2n) is 6.35. The molecule has 3 aromatic rings. The van der Waals surface area contributed by atoms with Crippen LogP contribution in [0, 0.1) is 13.8 Å².